The molecule has 1 unspecified atom stereocenters. The number of esters is 1. The van der Waals surface area contributed by atoms with Crippen LogP contribution in [-0.4, -0.2) is 26.3 Å². The third-order valence-corrected chi connectivity index (χ3v) is 6.95. The first-order chi connectivity index (χ1) is 19.7. The Morgan fingerprint density at radius 2 is 1.80 bits per heavy atom. The summed E-state index contributed by atoms with van der Waals surface area (Å²) in [7, 11) is 1.43. The number of nitrogens with two attached hydrogens (primary N) is 1. The molecule has 3 aromatic carbocycles. The van der Waals surface area contributed by atoms with Crippen LogP contribution in [0.15, 0.2) is 60.0 Å². The van der Waals surface area contributed by atoms with Gasteiger partial charge in [-0.1, -0.05) is 49.2 Å². The summed E-state index contributed by atoms with van der Waals surface area (Å²) in [6, 6.07) is 15.4. The Morgan fingerprint density at radius 1 is 1.07 bits per heavy atom. The van der Waals surface area contributed by atoms with Crippen molar-refractivity contribution in [1.82, 2.24) is 0 Å². The normalized spacial score (nSPS) is 14.1. The van der Waals surface area contributed by atoms with Gasteiger partial charge in [-0.3, -0.25) is 0 Å². The van der Waals surface area contributed by atoms with E-state index in [0.29, 0.717) is 41.9 Å². The van der Waals surface area contributed by atoms with E-state index < -0.39 is 11.9 Å². The van der Waals surface area contributed by atoms with Gasteiger partial charge < -0.3 is 29.4 Å². The van der Waals surface area contributed by atoms with Crippen molar-refractivity contribution in [2.24, 2.45) is 11.7 Å². The number of fused-ring (bicyclic) bond motifs is 1. The Bertz CT molecular complexity index is 1510. The van der Waals surface area contributed by atoms with Crippen molar-refractivity contribution in [2.45, 2.75) is 33.1 Å². The predicted molar refractivity (Wildman–Crippen MR) is 156 cm³/mol. The van der Waals surface area contributed by atoms with Crippen molar-refractivity contribution in [3.8, 4) is 34.8 Å². The molecular formula is C31H30Cl2N2O6. The molecule has 0 saturated carbocycles. The summed E-state index contributed by atoms with van der Waals surface area (Å²) in [4.78, 5) is 12.9. The molecule has 10 heteroatoms. The number of rotatable bonds is 10. The number of benzene rings is 3. The molecule has 8 nitrogen and oxygen atoms in total. The molecule has 0 aromatic heterocycles. The van der Waals surface area contributed by atoms with Crippen LogP contribution in [0.3, 0.4) is 0 Å². The van der Waals surface area contributed by atoms with Crippen LogP contribution in [0.5, 0.6) is 28.7 Å². The molecular weight excluding hydrogens is 567 g/mol. The zero-order valence-corrected chi connectivity index (χ0v) is 24.6. The first-order valence-electron chi connectivity index (χ1n) is 13.0. The summed E-state index contributed by atoms with van der Waals surface area (Å²) in [5, 5.41) is 10.3. The van der Waals surface area contributed by atoms with Gasteiger partial charge in [-0.25, -0.2) is 4.79 Å². The van der Waals surface area contributed by atoms with Gasteiger partial charge in [0.1, 0.15) is 23.1 Å². The summed E-state index contributed by atoms with van der Waals surface area (Å²) in [5.41, 5.74) is 8.01. The van der Waals surface area contributed by atoms with Crippen LogP contribution in [0.2, 0.25) is 10.0 Å². The fourth-order valence-electron chi connectivity index (χ4n) is 4.38. The van der Waals surface area contributed by atoms with Crippen molar-refractivity contribution in [3.63, 3.8) is 0 Å². The van der Waals surface area contributed by atoms with Crippen LogP contribution in [0.25, 0.3) is 0 Å². The summed E-state index contributed by atoms with van der Waals surface area (Å²) in [6.07, 6.45) is 0.907. The standard InChI is InChI=1S/C31H30Cl2N2O6/c1-5-38-27-14-18(6-9-25(27)39-11-10-17(2)3)28-21-8-7-20(15-26(21)41-30(35)22(28)16-34)40-31(36)19-12-23(32)29(37-4)24(33)13-19/h6-9,12-15,17,28H,5,10-11,35H2,1-4H3. The average Bonchev–Trinajstić information content (AvgIpc) is 2.92. The van der Waals surface area contributed by atoms with E-state index in [1.807, 2.05) is 25.1 Å². The molecule has 1 aliphatic heterocycles. The number of carbonyl (C=O) groups excluding carboxylic acids is 1. The fourth-order valence-corrected chi connectivity index (χ4v) is 5.02. The van der Waals surface area contributed by atoms with E-state index in [9.17, 15) is 10.1 Å². The molecule has 214 valence electrons. The number of hydrogen-bond acceptors (Lipinski definition) is 8. The largest absolute Gasteiger partial charge is 0.494 e. The summed E-state index contributed by atoms with van der Waals surface area (Å²) in [6.45, 7) is 7.16. The lowest BCUT2D eigenvalue weighted by atomic mass is 9.83. The van der Waals surface area contributed by atoms with E-state index in [1.165, 1.54) is 19.2 Å². The quantitative estimate of drug-likeness (QED) is 0.192. The Morgan fingerprint density at radius 3 is 2.44 bits per heavy atom. The first kappa shape index (κ1) is 29.9. The van der Waals surface area contributed by atoms with Crippen LogP contribution >= 0.6 is 23.2 Å². The molecule has 3 aromatic rings. The van der Waals surface area contributed by atoms with Crippen molar-refractivity contribution in [1.29, 1.82) is 5.26 Å². The van der Waals surface area contributed by atoms with Gasteiger partial charge in [-0.15, -0.1) is 0 Å². The molecule has 2 N–H and O–H groups in total. The number of ether oxygens (including phenoxy) is 5. The van der Waals surface area contributed by atoms with Gasteiger partial charge in [0.15, 0.2) is 17.2 Å². The molecule has 1 atom stereocenters. The maximum atomic E-state index is 12.9. The molecule has 4 rings (SSSR count). The summed E-state index contributed by atoms with van der Waals surface area (Å²) in [5.74, 6) is 1.24. The van der Waals surface area contributed by atoms with Crippen LogP contribution in [0.4, 0.5) is 0 Å². The second-order valence-electron chi connectivity index (χ2n) is 9.66. The second-order valence-corrected chi connectivity index (χ2v) is 10.5. The minimum Gasteiger partial charge on any atom is -0.494 e. The van der Waals surface area contributed by atoms with Gasteiger partial charge in [0.05, 0.1) is 41.9 Å². The van der Waals surface area contributed by atoms with Crippen molar-refractivity contribution in [3.05, 3.63) is 86.7 Å². The van der Waals surface area contributed by atoms with E-state index in [0.717, 1.165) is 12.0 Å². The van der Waals surface area contributed by atoms with Gasteiger partial charge in [0.25, 0.3) is 0 Å². The molecule has 0 bridgehead atoms. The van der Waals surface area contributed by atoms with Crippen LogP contribution in [-0.2, 0) is 0 Å². The average molecular weight is 597 g/mol. The molecule has 0 spiro atoms. The molecule has 1 aliphatic rings. The SMILES string of the molecule is CCOc1cc(C2C(C#N)=C(N)Oc3cc(OC(=O)c4cc(Cl)c(OC)c(Cl)c4)ccc32)ccc1OCCC(C)C. The monoisotopic (exact) mass is 596 g/mol. The first-order valence-corrected chi connectivity index (χ1v) is 13.8. The topological polar surface area (TPSA) is 113 Å². The van der Waals surface area contributed by atoms with Crippen LogP contribution < -0.4 is 29.4 Å². The van der Waals surface area contributed by atoms with Gasteiger partial charge in [-0.05, 0) is 55.2 Å². The number of hydrogen-bond donors (Lipinski definition) is 1. The molecule has 1 heterocycles. The van der Waals surface area contributed by atoms with E-state index in [1.54, 1.807) is 18.2 Å². The molecule has 0 fully saturated rings. The second kappa shape index (κ2) is 13.1. The minimum atomic E-state index is -0.681. The van der Waals surface area contributed by atoms with Crippen molar-refractivity contribution < 1.29 is 28.5 Å². The van der Waals surface area contributed by atoms with Gasteiger partial charge in [0.2, 0.25) is 5.88 Å². The Hall–Kier alpha value is -4.06. The fraction of sp³-hybridized carbons (Fsp3) is 0.290. The lowest BCUT2D eigenvalue weighted by molar-refractivity contribution is 0.0734. The highest BCUT2D eigenvalue weighted by Crippen LogP contribution is 2.45. The molecule has 0 amide bonds. The highest BCUT2D eigenvalue weighted by Gasteiger charge is 2.32. The van der Waals surface area contributed by atoms with Crippen molar-refractivity contribution >= 4 is 29.2 Å². The molecule has 41 heavy (non-hydrogen) atoms. The van der Waals surface area contributed by atoms with E-state index in [-0.39, 0.29) is 38.6 Å². The lowest BCUT2D eigenvalue weighted by Gasteiger charge is -2.27. The predicted octanol–water partition coefficient (Wildman–Crippen LogP) is 7.26. The van der Waals surface area contributed by atoms with Crippen LogP contribution in [0.1, 0.15) is 54.6 Å². The number of methoxy groups -OCH3 is 1. The number of halogens is 2. The Balaban J connectivity index is 1.65. The van der Waals surface area contributed by atoms with Gasteiger partial charge in [0, 0.05) is 11.6 Å². The van der Waals surface area contributed by atoms with E-state index in [4.69, 9.17) is 52.6 Å². The highest BCUT2D eigenvalue weighted by molar-refractivity contribution is 6.37. The number of nitriles is 1. The number of nitrogens with zero attached hydrogens (tertiary/aromatic N) is 1. The Kier molecular flexibility index (Phi) is 9.53. The molecule has 0 radical (unpaired) electrons. The highest BCUT2D eigenvalue weighted by atomic mass is 35.5. The Labute approximate surface area is 249 Å². The van der Waals surface area contributed by atoms with Crippen LogP contribution in [0, 0.1) is 17.2 Å². The maximum absolute atomic E-state index is 12.9. The van der Waals surface area contributed by atoms with Gasteiger partial charge in [-0.2, -0.15) is 5.26 Å². The van der Waals surface area contributed by atoms with E-state index >= 15 is 0 Å². The minimum absolute atomic E-state index is 0.0441. The van der Waals surface area contributed by atoms with Gasteiger partial charge >= 0.3 is 5.97 Å². The smallest absolute Gasteiger partial charge is 0.343 e. The zero-order valence-electron chi connectivity index (χ0n) is 23.1. The van der Waals surface area contributed by atoms with Crippen molar-refractivity contribution in [2.75, 3.05) is 20.3 Å². The summed E-state index contributed by atoms with van der Waals surface area (Å²) >= 11 is 12.3. The maximum Gasteiger partial charge on any atom is 0.343 e. The molecule has 0 aliphatic carbocycles. The zero-order chi connectivity index (χ0) is 29.7. The molecule has 0 saturated heterocycles. The van der Waals surface area contributed by atoms with E-state index in [2.05, 4.69) is 19.9 Å². The summed E-state index contributed by atoms with van der Waals surface area (Å²) < 4.78 is 28.3. The number of allylic oxidation sites excluding steroid dienone is 1. The number of carbonyl (C=O) groups is 1. The lowest BCUT2D eigenvalue weighted by Crippen LogP contribution is -2.21. The third-order valence-electron chi connectivity index (χ3n) is 6.39. The third kappa shape index (κ3) is 6.64.